The average Bonchev–Trinajstić information content (AvgIpc) is 2.66. The number of carbonyl (C=O) groups is 1. The molecule has 3 nitrogen and oxygen atoms in total. The second-order valence-electron chi connectivity index (χ2n) is 6.23. The molecule has 1 amide bonds. The predicted octanol–water partition coefficient (Wildman–Crippen LogP) is 5.14. The summed E-state index contributed by atoms with van der Waals surface area (Å²) < 4.78 is 0. The number of aryl methyl sites for hydroxylation is 1. The van der Waals surface area contributed by atoms with Gasteiger partial charge in [-0.15, -0.1) is 0 Å². The van der Waals surface area contributed by atoms with Crippen LogP contribution in [-0.2, 0) is 11.2 Å². The molecule has 0 aliphatic rings. The third-order valence-electron chi connectivity index (χ3n) is 4.49. The lowest BCUT2D eigenvalue weighted by molar-refractivity contribution is -0.112. The number of benzene rings is 2. The van der Waals surface area contributed by atoms with Crippen LogP contribution in [-0.4, -0.2) is 10.9 Å². The van der Waals surface area contributed by atoms with E-state index in [9.17, 15) is 4.79 Å². The third kappa shape index (κ3) is 4.13. The van der Waals surface area contributed by atoms with E-state index < -0.39 is 0 Å². The van der Waals surface area contributed by atoms with E-state index in [-0.39, 0.29) is 5.91 Å². The number of pyridine rings is 1. The molecule has 1 N–H and O–H groups in total. The Balaban J connectivity index is 1.73. The molecule has 3 aromatic rings. The monoisotopic (exact) mass is 330 g/mol. The fraction of sp³-hybridized carbons (Fsp3) is 0.182. The van der Waals surface area contributed by atoms with Crippen LogP contribution in [0, 0.1) is 0 Å². The molecule has 0 radical (unpaired) electrons. The van der Waals surface area contributed by atoms with Gasteiger partial charge in [-0.25, -0.2) is 0 Å². The van der Waals surface area contributed by atoms with Crippen LogP contribution < -0.4 is 5.32 Å². The Morgan fingerprint density at radius 3 is 2.52 bits per heavy atom. The van der Waals surface area contributed by atoms with E-state index in [1.807, 2.05) is 62.4 Å². The topological polar surface area (TPSA) is 42.0 Å². The largest absolute Gasteiger partial charge is 0.320 e. The van der Waals surface area contributed by atoms with Crippen LogP contribution in [0.25, 0.3) is 10.9 Å². The van der Waals surface area contributed by atoms with Crippen LogP contribution in [0.1, 0.15) is 25.8 Å². The summed E-state index contributed by atoms with van der Waals surface area (Å²) in [7, 11) is 0. The van der Waals surface area contributed by atoms with Crippen molar-refractivity contribution in [1.82, 2.24) is 4.98 Å². The molecule has 126 valence electrons. The molecule has 0 fully saturated rings. The minimum Gasteiger partial charge on any atom is -0.320 e. The van der Waals surface area contributed by atoms with Crippen molar-refractivity contribution < 1.29 is 4.79 Å². The van der Waals surface area contributed by atoms with E-state index in [2.05, 4.69) is 22.4 Å². The van der Waals surface area contributed by atoms with Crippen molar-refractivity contribution in [3.05, 3.63) is 83.6 Å². The Morgan fingerprint density at radius 1 is 0.960 bits per heavy atom. The van der Waals surface area contributed by atoms with Crippen LogP contribution in [0.4, 0.5) is 5.69 Å². The average molecular weight is 330 g/mol. The Bertz CT molecular complexity index is 908. The first kappa shape index (κ1) is 16.9. The molecule has 0 saturated heterocycles. The molecule has 2 aromatic carbocycles. The van der Waals surface area contributed by atoms with Crippen molar-refractivity contribution in [3.8, 4) is 0 Å². The maximum atomic E-state index is 12.6. The van der Waals surface area contributed by atoms with Gasteiger partial charge in [-0.05, 0) is 44.4 Å². The molecule has 0 aliphatic carbocycles. The van der Waals surface area contributed by atoms with Gasteiger partial charge in [0.05, 0.1) is 11.2 Å². The number of fused-ring (bicyclic) bond motifs is 1. The quantitative estimate of drug-likeness (QED) is 0.658. The number of rotatable bonds is 5. The minimum atomic E-state index is -0.0660. The molecular formula is C22H22N2O. The van der Waals surface area contributed by atoms with E-state index in [4.69, 9.17) is 0 Å². The van der Waals surface area contributed by atoms with E-state index in [1.165, 1.54) is 5.56 Å². The number of para-hydroxylation sites is 1. The summed E-state index contributed by atoms with van der Waals surface area (Å²) in [4.78, 5) is 17.0. The highest BCUT2D eigenvalue weighted by Crippen LogP contribution is 2.22. The number of nitrogens with zero attached hydrogens (tertiary/aromatic N) is 1. The van der Waals surface area contributed by atoms with Gasteiger partial charge in [-0.2, -0.15) is 0 Å². The molecular weight excluding hydrogens is 308 g/mol. The van der Waals surface area contributed by atoms with Gasteiger partial charge in [-0.3, -0.25) is 9.78 Å². The van der Waals surface area contributed by atoms with Gasteiger partial charge >= 0.3 is 0 Å². The van der Waals surface area contributed by atoms with Crippen molar-refractivity contribution in [2.75, 3.05) is 5.32 Å². The highest BCUT2D eigenvalue weighted by molar-refractivity contribution is 6.07. The van der Waals surface area contributed by atoms with Crippen LogP contribution in [0.3, 0.4) is 0 Å². The van der Waals surface area contributed by atoms with Gasteiger partial charge in [0.15, 0.2) is 0 Å². The normalized spacial score (nSPS) is 11.9. The Labute approximate surface area is 148 Å². The number of aromatic nitrogens is 1. The summed E-state index contributed by atoms with van der Waals surface area (Å²) in [5.41, 5.74) is 4.72. The standard InChI is InChI=1S/C22H22N2O/c1-16(13-14-18-8-4-3-5-9-18)17(2)22(25)24-20-12-6-10-19-11-7-15-23-21(19)20/h3-12,15H,13-14H2,1-2H3,(H,24,25)/b17-16-. The minimum absolute atomic E-state index is 0.0660. The number of carbonyl (C=O) groups excluding carboxylic acids is 1. The van der Waals surface area contributed by atoms with Crippen LogP contribution >= 0.6 is 0 Å². The molecule has 3 heteroatoms. The Kier molecular flexibility index (Phi) is 5.24. The predicted molar refractivity (Wildman–Crippen MR) is 104 cm³/mol. The zero-order valence-electron chi connectivity index (χ0n) is 14.6. The zero-order chi connectivity index (χ0) is 17.6. The molecule has 25 heavy (non-hydrogen) atoms. The summed E-state index contributed by atoms with van der Waals surface area (Å²) in [5, 5.41) is 4.02. The van der Waals surface area contributed by atoms with Gasteiger partial charge in [0.25, 0.3) is 5.91 Å². The van der Waals surface area contributed by atoms with Crippen molar-refractivity contribution in [3.63, 3.8) is 0 Å². The number of amides is 1. The molecule has 1 aromatic heterocycles. The number of hydrogen-bond donors (Lipinski definition) is 1. The lowest BCUT2D eigenvalue weighted by Crippen LogP contribution is -2.14. The fourth-order valence-corrected chi connectivity index (χ4v) is 2.78. The summed E-state index contributed by atoms with van der Waals surface area (Å²) in [6.45, 7) is 3.91. The lowest BCUT2D eigenvalue weighted by atomic mass is 10.0. The first-order chi connectivity index (χ1) is 12.1. The fourth-order valence-electron chi connectivity index (χ4n) is 2.78. The first-order valence-corrected chi connectivity index (χ1v) is 8.50. The maximum Gasteiger partial charge on any atom is 0.251 e. The smallest absolute Gasteiger partial charge is 0.251 e. The van der Waals surface area contributed by atoms with Crippen molar-refractivity contribution >= 4 is 22.5 Å². The van der Waals surface area contributed by atoms with Crippen LogP contribution in [0.2, 0.25) is 0 Å². The van der Waals surface area contributed by atoms with E-state index in [0.717, 1.165) is 40.6 Å². The number of hydrogen-bond acceptors (Lipinski definition) is 2. The van der Waals surface area contributed by atoms with E-state index in [0.29, 0.717) is 0 Å². The van der Waals surface area contributed by atoms with E-state index >= 15 is 0 Å². The van der Waals surface area contributed by atoms with E-state index in [1.54, 1.807) is 6.20 Å². The molecule has 0 saturated carbocycles. The number of anilines is 1. The van der Waals surface area contributed by atoms with Crippen molar-refractivity contribution in [1.29, 1.82) is 0 Å². The third-order valence-corrected chi connectivity index (χ3v) is 4.49. The van der Waals surface area contributed by atoms with Gasteiger partial charge in [0.2, 0.25) is 0 Å². The number of allylic oxidation sites excluding steroid dienone is 1. The van der Waals surface area contributed by atoms with Crippen LogP contribution in [0.15, 0.2) is 78.0 Å². The van der Waals surface area contributed by atoms with Crippen molar-refractivity contribution in [2.24, 2.45) is 0 Å². The molecule has 1 heterocycles. The highest BCUT2D eigenvalue weighted by atomic mass is 16.1. The van der Waals surface area contributed by atoms with Gasteiger partial charge < -0.3 is 5.32 Å². The highest BCUT2D eigenvalue weighted by Gasteiger charge is 2.10. The first-order valence-electron chi connectivity index (χ1n) is 8.50. The SMILES string of the molecule is C/C(CCc1ccccc1)=C(\C)C(=O)Nc1cccc2cccnc12. The summed E-state index contributed by atoms with van der Waals surface area (Å²) in [6.07, 6.45) is 3.55. The second kappa shape index (κ2) is 7.75. The summed E-state index contributed by atoms with van der Waals surface area (Å²) in [6, 6.07) is 20.0. The molecule has 3 rings (SSSR count). The van der Waals surface area contributed by atoms with Gasteiger partial charge in [-0.1, -0.05) is 54.1 Å². The van der Waals surface area contributed by atoms with Gasteiger partial charge in [0, 0.05) is 17.2 Å². The van der Waals surface area contributed by atoms with Crippen molar-refractivity contribution in [2.45, 2.75) is 26.7 Å². The molecule has 0 spiro atoms. The molecule has 0 unspecified atom stereocenters. The summed E-state index contributed by atoms with van der Waals surface area (Å²) in [5.74, 6) is -0.0660. The Hall–Kier alpha value is -2.94. The van der Waals surface area contributed by atoms with Crippen LogP contribution in [0.5, 0.6) is 0 Å². The molecule has 0 atom stereocenters. The Morgan fingerprint density at radius 2 is 1.72 bits per heavy atom. The molecule has 0 bridgehead atoms. The molecule has 0 aliphatic heterocycles. The maximum absolute atomic E-state index is 12.6. The lowest BCUT2D eigenvalue weighted by Gasteiger charge is -2.11. The summed E-state index contributed by atoms with van der Waals surface area (Å²) >= 11 is 0. The second-order valence-corrected chi connectivity index (χ2v) is 6.23. The van der Waals surface area contributed by atoms with Gasteiger partial charge in [0.1, 0.15) is 0 Å². The zero-order valence-corrected chi connectivity index (χ0v) is 14.6. The number of nitrogens with one attached hydrogen (secondary N) is 1.